The molecule has 0 radical (unpaired) electrons. The molecule has 0 heterocycles. The monoisotopic (exact) mass is 918 g/mol. The summed E-state index contributed by atoms with van der Waals surface area (Å²) < 4.78 is 5.96. The number of hydrogen-bond acceptors (Lipinski definition) is 5. The van der Waals surface area contributed by atoms with E-state index in [1.165, 1.54) is 238 Å². The van der Waals surface area contributed by atoms with Crippen LogP contribution in [0.2, 0.25) is 0 Å². The van der Waals surface area contributed by atoms with E-state index in [4.69, 9.17) is 4.74 Å². The van der Waals surface area contributed by atoms with Crippen molar-refractivity contribution < 1.29 is 24.5 Å². The van der Waals surface area contributed by atoms with Gasteiger partial charge in [-0.05, 0) is 51.4 Å². The Morgan fingerprint density at radius 1 is 0.431 bits per heavy atom. The Balaban J connectivity index is 4.40. The maximum absolute atomic E-state index is 13.2. The Morgan fingerprint density at radius 3 is 1.09 bits per heavy atom. The molecule has 0 aliphatic carbocycles. The summed E-state index contributed by atoms with van der Waals surface area (Å²) in [6.45, 7) is 6.52. The molecule has 386 valence electrons. The van der Waals surface area contributed by atoms with Crippen LogP contribution in [-0.4, -0.2) is 46.9 Å². The zero-order valence-corrected chi connectivity index (χ0v) is 44.2. The summed E-state index contributed by atoms with van der Waals surface area (Å²) in [5.41, 5.74) is 0. The van der Waals surface area contributed by atoms with Crippen LogP contribution in [0.1, 0.15) is 329 Å². The van der Waals surface area contributed by atoms with Crippen LogP contribution in [0, 0.1) is 0 Å². The number of esters is 1. The number of amides is 1. The number of allylic oxidation sites excluding steroid dienone is 2. The Morgan fingerprint density at radius 2 is 0.738 bits per heavy atom. The number of ether oxygens (including phenoxy) is 1. The summed E-state index contributed by atoms with van der Waals surface area (Å²) >= 11 is 0. The van der Waals surface area contributed by atoms with Crippen molar-refractivity contribution in [3.63, 3.8) is 0 Å². The topological polar surface area (TPSA) is 95.9 Å². The molecule has 3 unspecified atom stereocenters. The molecule has 6 heteroatoms. The van der Waals surface area contributed by atoms with Crippen LogP contribution < -0.4 is 5.32 Å². The molecule has 0 bridgehead atoms. The van der Waals surface area contributed by atoms with Gasteiger partial charge in [-0.15, -0.1) is 0 Å². The van der Waals surface area contributed by atoms with Gasteiger partial charge >= 0.3 is 5.97 Å². The van der Waals surface area contributed by atoms with Gasteiger partial charge in [0, 0.05) is 6.42 Å². The van der Waals surface area contributed by atoms with E-state index in [-0.39, 0.29) is 24.9 Å². The van der Waals surface area contributed by atoms with E-state index in [0.29, 0.717) is 19.3 Å². The Bertz CT molecular complexity index is 986. The second-order valence-electron chi connectivity index (χ2n) is 20.4. The van der Waals surface area contributed by atoms with E-state index in [9.17, 15) is 19.8 Å². The van der Waals surface area contributed by atoms with Crippen LogP contribution in [0.25, 0.3) is 0 Å². The average Bonchev–Trinajstić information content (AvgIpc) is 3.30. The summed E-state index contributed by atoms with van der Waals surface area (Å²) in [7, 11) is 0. The molecule has 1 amide bonds. The highest BCUT2D eigenvalue weighted by molar-refractivity contribution is 5.77. The zero-order chi connectivity index (χ0) is 47.4. The second-order valence-corrected chi connectivity index (χ2v) is 20.4. The molecular formula is C59H115NO5. The maximum atomic E-state index is 13.2. The van der Waals surface area contributed by atoms with Crippen LogP contribution in [0.3, 0.4) is 0 Å². The van der Waals surface area contributed by atoms with Crippen molar-refractivity contribution in [3.05, 3.63) is 12.2 Å². The lowest BCUT2D eigenvalue weighted by Gasteiger charge is -2.24. The van der Waals surface area contributed by atoms with Crippen molar-refractivity contribution in [2.45, 2.75) is 347 Å². The van der Waals surface area contributed by atoms with E-state index >= 15 is 0 Å². The van der Waals surface area contributed by atoms with Crippen molar-refractivity contribution in [1.82, 2.24) is 5.32 Å². The number of hydrogen-bond donors (Lipinski definition) is 3. The number of rotatable bonds is 54. The minimum atomic E-state index is -0.782. The lowest BCUT2D eigenvalue weighted by molar-refractivity contribution is -0.151. The normalized spacial score (nSPS) is 13.1. The maximum Gasteiger partial charge on any atom is 0.306 e. The molecule has 0 aromatic heterocycles. The molecule has 0 aliphatic rings. The molecule has 0 fully saturated rings. The van der Waals surface area contributed by atoms with Gasteiger partial charge in [0.25, 0.3) is 0 Å². The molecule has 0 saturated carbocycles. The van der Waals surface area contributed by atoms with E-state index in [1.54, 1.807) is 0 Å². The van der Waals surface area contributed by atoms with E-state index in [2.05, 4.69) is 38.2 Å². The molecule has 0 rings (SSSR count). The van der Waals surface area contributed by atoms with Crippen LogP contribution in [0.4, 0.5) is 0 Å². The van der Waals surface area contributed by atoms with Crippen molar-refractivity contribution in [2.24, 2.45) is 0 Å². The van der Waals surface area contributed by atoms with Crippen molar-refractivity contribution in [3.8, 4) is 0 Å². The standard InChI is InChI=1S/C59H115NO5/c1-4-7-10-13-16-19-22-24-26-28-29-30-32-34-37-40-43-46-49-52-59(64)65-55(50-47-44-41-38-35-21-18-15-12-9-6-3)53-58(63)60-56(54-61)57(62)51-48-45-42-39-36-33-31-27-25-23-20-17-14-11-8-5-2/h24,26,55-57,61-62H,4-23,25,27-54H2,1-3H3,(H,60,63)/b26-24+. The molecule has 0 spiro atoms. The van der Waals surface area contributed by atoms with E-state index in [0.717, 1.165) is 44.9 Å². The first-order chi connectivity index (χ1) is 32.0. The fourth-order valence-corrected chi connectivity index (χ4v) is 9.37. The first-order valence-corrected chi connectivity index (χ1v) is 29.4. The predicted octanol–water partition coefficient (Wildman–Crippen LogP) is 18.1. The summed E-state index contributed by atoms with van der Waals surface area (Å²) in [5.74, 6) is -0.454. The van der Waals surface area contributed by atoms with Gasteiger partial charge < -0.3 is 20.3 Å². The molecule has 0 saturated heterocycles. The first kappa shape index (κ1) is 63.6. The highest BCUT2D eigenvalue weighted by Gasteiger charge is 2.24. The molecule has 6 nitrogen and oxygen atoms in total. The van der Waals surface area contributed by atoms with Gasteiger partial charge in [0.15, 0.2) is 0 Å². The lowest BCUT2D eigenvalue weighted by atomic mass is 10.0. The van der Waals surface area contributed by atoms with Crippen LogP contribution in [-0.2, 0) is 14.3 Å². The number of aliphatic hydroxyl groups is 2. The third-order valence-corrected chi connectivity index (χ3v) is 13.8. The number of carbonyl (C=O) groups excluding carboxylic acids is 2. The third-order valence-electron chi connectivity index (χ3n) is 13.8. The molecule has 3 atom stereocenters. The Labute approximate surface area is 406 Å². The highest BCUT2D eigenvalue weighted by Crippen LogP contribution is 2.19. The molecule has 3 N–H and O–H groups in total. The van der Waals surface area contributed by atoms with Gasteiger partial charge in [-0.2, -0.15) is 0 Å². The zero-order valence-electron chi connectivity index (χ0n) is 44.2. The molecular weight excluding hydrogens is 803 g/mol. The van der Waals surface area contributed by atoms with Gasteiger partial charge in [-0.3, -0.25) is 9.59 Å². The Kier molecular flexibility index (Phi) is 52.4. The van der Waals surface area contributed by atoms with Crippen LogP contribution in [0.5, 0.6) is 0 Å². The Hall–Kier alpha value is -1.40. The van der Waals surface area contributed by atoms with Gasteiger partial charge in [-0.25, -0.2) is 0 Å². The molecule has 0 aromatic carbocycles. The number of aliphatic hydroxyl groups excluding tert-OH is 2. The second kappa shape index (κ2) is 53.6. The average molecular weight is 919 g/mol. The van der Waals surface area contributed by atoms with Crippen molar-refractivity contribution >= 4 is 11.9 Å². The number of unbranched alkanes of at least 4 members (excludes halogenated alkanes) is 40. The van der Waals surface area contributed by atoms with Gasteiger partial charge in [0.1, 0.15) is 6.10 Å². The smallest absolute Gasteiger partial charge is 0.306 e. The van der Waals surface area contributed by atoms with Gasteiger partial charge in [0.2, 0.25) is 5.91 Å². The van der Waals surface area contributed by atoms with Gasteiger partial charge in [0.05, 0.1) is 25.2 Å². The minimum Gasteiger partial charge on any atom is -0.462 e. The first-order valence-electron chi connectivity index (χ1n) is 29.4. The predicted molar refractivity (Wildman–Crippen MR) is 283 cm³/mol. The summed E-state index contributed by atoms with van der Waals surface area (Å²) in [6, 6.07) is -0.696. The SMILES string of the molecule is CCCCCCCC/C=C/CCCCCCCCCCCC(=O)OC(CCCCCCCCCCCCC)CC(=O)NC(CO)C(O)CCCCCCCCCCCCCCCCCC. The van der Waals surface area contributed by atoms with Crippen molar-refractivity contribution in [2.75, 3.05) is 6.61 Å². The quantitative estimate of drug-likeness (QED) is 0.0321. The fourth-order valence-electron chi connectivity index (χ4n) is 9.37. The van der Waals surface area contributed by atoms with Gasteiger partial charge in [-0.1, -0.05) is 277 Å². The fraction of sp³-hybridized carbons (Fsp3) is 0.932. The molecule has 65 heavy (non-hydrogen) atoms. The number of nitrogens with one attached hydrogen (secondary N) is 1. The summed E-state index contributed by atoms with van der Waals surface area (Å²) in [4.78, 5) is 26.2. The van der Waals surface area contributed by atoms with Crippen LogP contribution >= 0.6 is 0 Å². The summed E-state index contributed by atoms with van der Waals surface area (Å²) in [6.07, 6.45) is 61.4. The highest BCUT2D eigenvalue weighted by atomic mass is 16.5. The van der Waals surface area contributed by atoms with E-state index in [1.807, 2.05) is 0 Å². The van der Waals surface area contributed by atoms with Crippen LogP contribution in [0.15, 0.2) is 12.2 Å². The third kappa shape index (κ3) is 48.9. The number of carbonyl (C=O) groups is 2. The minimum absolute atomic E-state index is 0.0846. The van der Waals surface area contributed by atoms with E-state index < -0.39 is 18.2 Å². The molecule has 0 aliphatic heterocycles. The molecule has 0 aromatic rings. The summed E-state index contributed by atoms with van der Waals surface area (Å²) in [5, 5.41) is 23.9. The largest absolute Gasteiger partial charge is 0.462 e. The lowest BCUT2D eigenvalue weighted by Crippen LogP contribution is -2.46. The van der Waals surface area contributed by atoms with Crippen molar-refractivity contribution in [1.29, 1.82) is 0 Å².